The molecule has 0 unspecified atom stereocenters. The second-order valence-electron chi connectivity index (χ2n) is 3.07. The zero-order chi connectivity index (χ0) is 8.53. The third kappa shape index (κ3) is 9.11. The van der Waals surface area contributed by atoms with Crippen molar-refractivity contribution in [1.29, 1.82) is 0 Å². The number of hydrogen-bond donors (Lipinski definition) is 0. The van der Waals surface area contributed by atoms with Gasteiger partial charge in [-0.3, -0.25) is 0 Å². The summed E-state index contributed by atoms with van der Waals surface area (Å²) in [5.74, 6) is 0. The van der Waals surface area contributed by atoms with E-state index in [9.17, 15) is 0 Å². The minimum absolute atomic E-state index is 0. The van der Waals surface area contributed by atoms with Crippen molar-refractivity contribution < 1.29 is 17.0 Å². The van der Waals surface area contributed by atoms with E-state index in [2.05, 4.69) is 24.5 Å². The Hall–Kier alpha value is 1.02. The first-order chi connectivity index (χ1) is 5.35. The minimum Gasteiger partial charge on any atom is -1.00 e. The van der Waals surface area contributed by atoms with Gasteiger partial charge in [-0.15, -0.1) is 0 Å². The standard InChI is InChI=1S/2C4H9.C2H3.BrH.Sn/c2*1-3-4-2;1-2;;/h2*1,3-4H2,2H3;1H,2H2;1H;/q;;;;+1/p-1. The molecule has 0 radical (unpaired) electrons. The topological polar surface area (TPSA) is 0 Å². The van der Waals surface area contributed by atoms with Gasteiger partial charge < -0.3 is 17.0 Å². The van der Waals surface area contributed by atoms with Gasteiger partial charge in [0.05, 0.1) is 0 Å². The van der Waals surface area contributed by atoms with E-state index in [0.717, 1.165) is 0 Å². The van der Waals surface area contributed by atoms with E-state index in [1.54, 1.807) is 8.87 Å². The normalized spacial score (nSPS) is 8.83. The van der Waals surface area contributed by atoms with Gasteiger partial charge in [0.2, 0.25) is 0 Å². The first-order valence-corrected chi connectivity index (χ1v) is 10.5. The first-order valence-electron chi connectivity index (χ1n) is 4.82. The van der Waals surface area contributed by atoms with Crippen molar-refractivity contribution in [2.45, 2.75) is 48.4 Å². The summed E-state index contributed by atoms with van der Waals surface area (Å²) >= 11 is -1.01. The van der Waals surface area contributed by atoms with E-state index in [-0.39, 0.29) is 17.0 Å². The second kappa shape index (κ2) is 12.0. The maximum Gasteiger partial charge on any atom is -1.00 e. The monoisotopic (exact) mass is 340 g/mol. The summed E-state index contributed by atoms with van der Waals surface area (Å²) < 4.78 is 5.41. The molecule has 0 heterocycles. The summed E-state index contributed by atoms with van der Waals surface area (Å²) in [5.41, 5.74) is 0. The van der Waals surface area contributed by atoms with Crippen LogP contribution in [0.4, 0.5) is 0 Å². The van der Waals surface area contributed by atoms with Crippen LogP contribution in [0.2, 0.25) is 8.87 Å². The number of halogens is 1. The maximum absolute atomic E-state index is 3.95. The van der Waals surface area contributed by atoms with Gasteiger partial charge in [0.1, 0.15) is 0 Å². The van der Waals surface area contributed by atoms with Crippen molar-refractivity contribution in [2.75, 3.05) is 0 Å². The molecule has 0 atom stereocenters. The van der Waals surface area contributed by atoms with E-state index in [0.29, 0.717) is 0 Å². The van der Waals surface area contributed by atoms with Crippen LogP contribution in [0.15, 0.2) is 10.7 Å². The molecule has 0 aromatic heterocycles. The van der Waals surface area contributed by atoms with Crippen molar-refractivity contribution in [1.82, 2.24) is 0 Å². The SMILES string of the molecule is C=[CH][Sn+]([CH2]CCC)[CH2]CCC.[Br-]. The molecule has 0 saturated heterocycles. The average molecular weight is 340 g/mol. The van der Waals surface area contributed by atoms with E-state index < -0.39 is 19.8 Å². The van der Waals surface area contributed by atoms with Crippen LogP contribution in [0, 0.1) is 0 Å². The van der Waals surface area contributed by atoms with Gasteiger partial charge in [0.15, 0.2) is 0 Å². The maximum atomic E-state index is 3.95. The Morgan fingerprint density at radius 2 is 1.50 bits per heavy atom. The summed E-state index contributed by atoms with van der Waals surface area (Å²) in [6.07, 6.45) is 5.63. The predicted octanol–water partition coefficient (Wildman–Crippen LogP) is 0.811. The Kier molecular flexibility index (Phi) is 15.5. The number of rotatable bonds is 7. The largest absolute Gasteiger partial charge is 1.00 e. The minimum atomic E-state index is -1.01. The van der Waals surface area contributed by atoms with Gasteiger partial charge in [-0.2, -0.15) is 0 Å². The molecule has 0 rings (SSSR count). The quantitative estimate of drug-likeness (QED) is 0.602. The van der Waals surface area contributed by atoms with Crippen LogP contribution in [0.5, 0.6) is 0 Å². The molecule has 0 bridgehead atoms. The summed E-state index contributed by atoms with van der Waals surface area (Å²) in [4.78, 5) is 0. The Morgan fingerprint density at radius 3 is 1.75 bits per heavy atom. The molecule has 0 fully saturated rings. The Labute approximate surface area is 95.3 Å². The molecule has 0 nitrogen and oxygen atoms in total. The van der Waals surface area contributed by atoms with E-state index in [4.69, 9.17) is 0 Å². The molecule has 0 N–H and O–H groups in total. The van der Waals surface area contributed by atoms with Crippen LogP contribution < -0.4 is 17.0 Å². The Morgan fingerprint density at radius 1 is 1.08 bits per heavy atom. The third-order valence-corrected chi connectivity index (χ3v) is 9.32. The molecule has 0 aromatic rings. The zero-order valence-corrected chi connectivity index (χ0v) is 12.8. The second-order valence-corrected chi connectivity index (χ2v) is 10.8. The van der Waals surface area contributed by atoms with Gasteiger partial charge in [0.25, 0.3) is 0 Å². The van der Waals surface area contributed by atoms with Crippen LogP contribution in [-0.4, -0.2) is 19.8 Å². The molecule has 0 aromatic carbocycles. The smallest absolute Gasteiger partial charge is 1.00 e. The Bertz CT molecular complexity index is 85.8. The van der Waals surface area contributed by atoms with Gasteiger partial charge >= 0.3 is 78.8 Å². The fourth-order valence-electron chi connectivity index (χ4n) is 1.14. The molecule has 0 spiro atoms. The van der Waals surface area contributed by atoms with Crippen molar-refractivity contribution in [2.24, 2.45) is 0 Å². The first kappa shape index (κ1) is 15.5. The van der Waals surface area contributed by atoms with Gasteiger partial charge in [-0.05, 0) is 0 Å². The third-order valence-electron chi connectivity index (χ3n) is 1.99. The van der Waals surface area contributed by atoms with Crippen LogP contribution in [0.25, 0.3) is 0 Å². The van der Waals surface area contributed by atoms with Crippen LogP contribution in [-0.2, 0) is 0 Å². The summed E-state index contributed by atoms with van der Waals surface area (Å²) in [5, 5.41) is 0. The van der Waals surface area contributed by atoms with Crippen LogP contribution in [0.1, 0.15) is 39.5 Å². The molecule has 0 saturated carbocycles. The van der Waals surface area contributed by atoms with E-state index in [1.165, 1.54) is 25.7 Å². The van der Waals surface area contributed by atoms with Crippen molar-refractivity contribution in [3.63, 3.8) is 0 Å². The van der Waals surface area contributed by atoms with E-state index >= 15 is 0 Å². The molecule has 0 aliphatic carbocycles. The molecular weight excluding hydrogens is 319 g/mol. The summed E-state index contributed by atoms with van der Waals surface area (Å²) in [7, 11) is 0. The molecule has 2 heteroatoms. The van der Waals surface area contributed by atoms with Gasteiger partial charge in [-0.25, -0.2) is 0 Å². The fourth-order valence-corrected chi connectivity index (χ4v) is 7.63. The summed E-state index contributed by atoms with van der Waals surface area (Å²) in [6, 6.07) is 0. The average Bonchev–Trinajstić information content (AvgIpc) is 2.05. The number of unbranched alkanes of at least 4 members (excludes halogenated alkanes) is 2. The van der Waals surface area contributed by atoms with Gasteiger partial charge in [0, 0.05) is 0 Å². The fraction of sp³-hybridized carbons (Fsp3) is 0.800. The molecular formula is C10H21BrSn. The molecule has 0 aliphatic heterocycles. The van der Waals surface area contributed by atoms with Crippen molar-refractivity contribution in [3.05, 3.63) is 10.7 Å². The molecule has 0 amide bonds. The summed E-state index contributed by atoms with van der Waals surface area (Å²) in [6.45, 7) is 8.52. The van der Waals surface area contributed by atoms with Crippen molar-refractivity contribution in [3.8, 4) is 0 Å². The molecule has 0 aliphatic rings. The van der Waals surface area contributed by atoms with Crippen molar-refractivity contribution >= 4 is 19.8 Å². The predicted molar refractivity (Wildman–Crippen MR) is 55.4 cm³/mol. The zero-order valence-electron chi connectivity index (χ0n) is 8.41. The molecule has 72 valence electrons. The Balaban J connectivity index is 0. The molecule has 12 heavy (non-hydrogen) atoms. The van der Waals surface area contributed by atoms with E-state index in [1.807, 2.05) is 0 Å². The van der Waals surface area contributed by atoms with Gasteiger partial charge in [-0.1, -0.05) is 0 Å². The number of hydrogen-bond acceptors (Lipinski definition) is 0. The van der Waals surface area contributed by atoms with Crippen LogP contribution in [0.3, 0.4) is 0 Å². The van der Waals surface area contributed by atoms with Crippen LogP contribution >= 0.6 is 0 Å².